The Morgan fingerprint density at radius 3 is 2.53 bits per heavy atom. The van der Waals surface area contributed by atoms with Crippen LogP contribution in [0.15, 0.2) is 54.2 Å². The SMILES string of the molecule is CCCCN1C(=O)C(Nc2ccc3sc(C(=O)OCC)c(C)c3c2)=C(c2ccccc2)S1(=O)=O. The number of unbranched alkanes of at least 4 members (excludes halogenated alkanes) is 1. The Balaban J connectivity index is 1.79. The van der Waals surface area contributed by atoms with Gasteiger partial charge in [0, 0.05) is 16.9 Å². The summed E-state index contributed by atoms with van der Waals surface area (Å²) in [4.78, 5) is 26.1. The molecule has 1 amide bonds. The molecule has 0 aliphatic carbocycles. The maximum absolute atomic E-state index is 13.4. The minimum atomic E-state index is -3.99. The van der Waals surface area contributed by atoms with Crippen molar-refractivity contribution < 1.29 is 22.7 Å². The van der Waals surface area contributed by atoms with Crippen molar-refractivity contribution in [3.8, 4) is 0 Å². The van der Waals surface area contributed by atoms with E-state index >= 15 is 0 Å². The van der Waals surface area contributed by atoms with Crippen LogP contribution in [0.5, 0.6) is 0 Å². The number of nitrogens with one attached hydrogen (secondary N) is 1. The number of ether oxygens (including phenoxy) is 1. The molecule has 2 heterocycles. The fourth-order valence-electron chi connectivity index (χ4n) is 3.92. The molecule has 0 atom stereocenters. The van der Waals surface area contributed by atoms with Crippen LogP contribution in [0.2, 0.25) is 0 Å². The molecule has 0 saturated carbocycles. The van der Waals surface area contributed by atoms with Gasteiger partial charge >= 0.3 is 5.97 Å². The molecule has 1 aliphatic heterocycles. The lowest BCUT2D eigenvalue weighted by molar-refractivity contribution is -0.122. The fourth-order valence-corrected chi connectivity index (χ4v) is 6.73. The number of benzene rings is 2. The van der Waals surface area contributed by atoms with Gasteiger partial charge in [-0.15, -0.1) is 11.3 Å². The van der Waals surface area contributed by atoms with Crippen LogP contribution in [0.4, 0.5) is 5.69 Å². The van der Waals surface area contributed by atoms with E-state index in [0.717, 1.165) is 26.4 Å². The maximum atomic E-state index is 13.4. The van der Waals surface area contributed by atoms with Crippen LogP contribution in [0.1, 0.15) is 47.5 Å². The number of amides is 1. The maximum Gasteiger partial charge on any atom is 0.348 e. The number of hydrogen-bond donors (Lipinski definition) is 1. The molecule has 0 saturated heterocycles. The summed E-state index contributed by atoms with van der Waals surface area (Å²) < 4.78 is 33.8. The van der Waals surface area contributed by atoms with Crippen LogP contribution in [0.3, 0.4) is 0 Å². The Bertz CT molecular complexity index is 1390. The lowest BCUT2D eigenvalue weighted by Gasteiger charge is -2.16. The van der Waals surface area contributed by atoms with Crippen molar-refractivity contribution in [3.63, 3.8) is 0 Å². The largest absolute Gasteiger partial charge is 0.462 e. The molecule has 9 heteroatoms. The Morgan fingerprint density at radius 1 is 1.12 bits per heavy atom. The first kappa shape index (κ1) is 24.0. The molecule has 0 bridgehead atoms. The Labute approximate surface area is 203 Å². The Kier molecular flexibility index (Phi) is 6.77. The Hall–Kier alpha value is -3.17. The molecule has 1 aliphatic rings. The third-order valence-corrected chi connectivity index (χ3v) is 8.77. The zero-order chi connectivity index (χ0) is 24.5. The van der Waals surface area contributed by atoms with Gasteiger partial charge in [-0.1, -0.05) is 43.7 Å². The fraction of sp³-hybridized carbons (Fsp3) is 0.280. The first-order valence-electron chi connectivity index (χ1n) is 11.1. The van der Waals surface area contributed by atoms with Gasteiger partial charge < -0.3 is 10.1 Å². The van der Waals surface area contributed by atoms with Crippen molar-refractivity contribution >= 4 is 53.9 Å². The van der Waals surface area contributed by atoms with Gasteiger partial charge in [-0.2, -0.15) is 0 Å². The summed E-state index contributed by atoms with van der Waals surface area (Å²) in [6.07, 6.45) is 1.34. The molecule has 1 aromatic heterocycles. The van der Waals surface area contributed by atoms with Crippen molar-refractivity contribution in [2.24, 2.45) is 0 Å². The van der Waals surface area contributed by atoms with Crippen LogP contribution in [0, 0.1) is 6.92 Å². The summed E-state index contributed by atoms with van der Waals surface area (Å²) in [6.45, 7) is 5.98. The summed E-state index contributed by atoms with van der Waals surface area (Å²) in [5.41, 5.74) is 1.83. The number of rotatable bonds is 8. The standard InChI is InChI=1S/C25H26N2O5S2/c1-4-6-14-27-24(28)21(23(34(27,30)31)17-10-8-7-9-11-17)26-18-12-13-20-19(15-18)16(3)22(33-20)25(29)32-5-2/h7-13,15,26H,4-6,14H2,1-3H3. The second-order valence-corrected chi connectivity index (χ2v) is 10.8. The van der Waals surface area contributed by atoms with Crippen molar-refractivity contribution in [2.45, 2.75) is 33.6 Å². The van der Waals surface area contributed by atoms with E-state index in [-0.39, 0.29) is 23.1 Å². The first-order valence-corrected chi connectivity index (χ1v) is 13.4. The molecular formula is C25H26N2O5S2. The van der Waals surface area contributed by atoms with Gasteiger partial charge in [-0.05, 0) is 55.0 Å². The minimum Gasteiger partial charge on any atom is -0.462 e. The minimum absolute atomic E-state index is 0.0245. The predicted octanol–water partition coefficient (Wildman–Crippen LogP) is 5.14. The van der Waals surface area contributed by atoms with Crippen molar-refractivity contribution in [1.29, 1.82) is 0 Å². The van der Waals surface area contributed by atoms with E-state index in [9.17, 15) is 18.0 Å². The summed E-state index contributed by atoms with van der Waals surface area (Å²) >= 11 is 1.35. The van der Waals surface area contributed by atoms with E-state index in [0.29, 0.717) is 29.2 Å². The average Bonchev–Trinajstić information content (AvgIpc) is 3.24. The molecule has 4 rings (SSSR count). The quantitative estimate of drug-likeness (QED) is 0.433. The van der Waals surface area contributed by atoms with E-state index in [2.05, 4.69) is 5.32 Å². The third-order valence-electron chi connectivity index (χ3n) is 5.63. The molecule has 0 unspecified atom stereocenters. The highest BCUT2D eigenvalue weighted by Gasteiger charge is 2.44. The van der Waals surface area contributed by atoms with Gasteiger partial charge in [0.15, 0.2) is 0 Å². The summed E-state index contributed by atoms with van der Waals surface area (Å²) in [5.74, 6) is -0.935. The topological polar surface area (TPSA) is 92.8 Å². The Morgan fingerprint density at radius 2 is 1.85 bits per heavy atom. The molecule has 2 aromatic carbocycles. The number of carbonyl (C=O) groups excluding carboxylic acids is 2. The molecule has 0 radical (unpaired) electrons. The average molecular weight is 499 g/mol. The van der Waals surface area contributed by atoms with E-state index in [1.165, 1.54) is 11.3 Å². The van der Waals surface area contributed by atoms with Crippen LogP contribution >= 0.6 is 11.3 Å². The number of fused-ring (bicyclic) bond motifs is 1. The van der Waals surface area contributed by atoms with Gasteiger partial charge in [0.25, 0.3) is 15.9 Å². The summed E-state index contributed by atoms with van der Waals surface area (Å²) in [6, 6.07) is 14.1. The molecule has 7 nitrogen and oxygen atoms in total. The number of thiophene rings is 1. The van der Waals surface area contributed by atoms with E-state index in [1.54, 1.807) is 43.3 Å². The lowest BCUT2D eigenvalue weighted by atomic mass is 10.1. The number of carbonyl (C=O) groups is 2. The second kappa shape index (κ2) is 9.60. The van der Waals surface area contributed by atoms with Gasteiger partial charge in [0.2, 0.25) is 0 Å². The van der Waals surface area contributed by atoms with Crippen LogP contribution in [-0.2, 0) is 19.6 Å². The molecule has 0 spiro atoms. The zero-order valence-corrected chi connectivity index (χ0v) is 20.9. The lowest BCUT2D eigenvalue weighted by Crippen LogP contribution is -2.33. The highest BCUT2D eigenvalue weighted by molar-refractivity contribution is 7.99. The van der Waals surface area contributed by atoms with Crippen molar-refractivity contribution in [3.05, 3.63) is 70.2 Å². The monoisotopic (exact) mass is 498 g/mol. The molecule has 178 valence electrons. The number of sulfonamides is 1. The zero-order valence-electron chi connectivity index (χ0n) is 19.3. The molecule has 1 N–H and O–H groups in total. The molecular weight excluding hydrogens is 472 g/mol. The summed E-state index contributed by atoms with van der Waals surface area (Å²) in [7, 11) is -3.99. The van der Waals surface area contributed by atoms with E-state index < -0.39 is 15.9 Å². The van der Waals surface area contributed by atoms with Gasteiger partial charge in [-0.25, -0.2) is 17.5 Å². The first-order chi connectivity index (χ1) is 16.3. The van der Waals surface area contributed by atoms with Crippen molar-refractivity contribution in [1.82, 2.24) is 4.31 Å². The van der Waals surface area contributed by atoms with Gasteiger partial charge in [0.1, 0.15) is 15.5 Å². The van der Waals surface area contributed by atoms with E-state index in [4.69, 9.17) is 4.74 Å². The van der Waals surface area contributed by atoms with Crippen LogP contribution < -0.4 is 5.32 Å². The smallest absolute Gasteiger partial charge is 0.348 e. The number of aryl methyl sites for hydroxylation is 1. The second-order valence-electron chi connectivity index (χ2n) is 7.92. The van der Waals surface area contributed by atoms with E-state index in [1.807, 2.05) is 26.0 Å². The van der Waals surface area contributed by atoms with Crippen molar-refractivity contribution in [2.75, 3.05) is 18.5 Å². The number of nitrogens with zero attached hydrogens (tertiary/aromatic N) is 1. The van der Waals surface area contributed by atoms with Crippen LogP contribution in [-0.4, -0.2) is 37.8 Å². The third kappa shape index (κ3) is 4.21. The number of anilines is 1. The summed E-state index contributed by atoms with van der Waals surface area (Å²) in [5, 5.41) is 3.93. The van der Waals surface area contributed by atoms with Gasteiger partial charge in [0.05, 0.1) is 6.61 Å². The van der Waals surface area contributed by atoms with Gasteiger partial charge in [-0.3, -0.25) is 4.79 Å². The molecule has 0 fully saturated rings. The highest BCUT2D eigenvalue weighted by Crippen LogP contribution is 2.38. The highest BCUT2D eigenvalue weighted by atomic mass is 32.2. The normalized spacial score (nSPS) is 15.3. The number of hydrogen-bond acceptors (Lipinski definition) is 7. The predicted molar refractivity (Wildman–Crippen MR) is 135 cm³/mol. The van der Waals surface area contributed by atoms with Crippen LogP contribution in [0.25, 0.3) is 15.0 Å². The molecule has 34 heavy (non-hydrogen) atoms. The number of esters is 1. The molecule has 3 aromatic rings.